The topological polar surface area (TPSA) is 116 Å². The van der Waals surface area contributed by atoms with Crippen molar-refractivity contribution in [3.63, 3.8) is 0 Å². The first-order chi connectivity index (χ1) is 14.3. The molecule has 2 aromatic rings. The van der Waals surface area contributed by atoms with Crippen molar-refractivity contribution in [2.24, 2.45) is 0 Å². The van der Waals surface area contributed by atoms with Crippen LogP contribution in [0.2, 0.25) is 0 Å². The van der Waals surface area contributed by atoms with Crippen LogP contribution in [0, 0.1) is 0 Å². The van der Waals surface area contributed by atoms with Gasteiger partial charge in [0.15, 0.2) is 0 Å². The number of carbonyl (C=O) groups is 1. The summed E-state index contributed by atoms with van der Waals surface area (Å²) >= 11 is 4.33. The molecule has 2 rings (SSSR count). The molecule has 11 heteroatoms. The lowest BCUT2D eigenvalue weighted by atomic mass is 10.1. The highest BCUT2D eigenvalue weighted by molar-refractivity contribution is 7.81. The quantitative estimate of drug-likeness (QED) is 0.266. The molecule has 0 spiro atoms. The van der Waals surface area contributed by atoms with Crippen LogP contribution in [0.5, 0.6) is 0 Å². The Morgan fingerprint density at radius 2 is 1.93 bits per heavy atom. The molecule has 1 heterocycles. The number of aliphatic hydroxyl groups is 1. The summed E-state index contributed by atoms with van der Waals surface area (Å²) in [5.41, 5.74) is 0.510. The highest BCUT2D eigenvalue weighted by atomic mass is 32.1. The van der Waals surface area contributed by atoms with Crippen molar-refractivity contribution in [3.8, 4) is 0 Å². The Kier molecular flexibility index (Phi) is 9.29. The molecule has 0 radical (unpaired) electrons. The predicted molar refractivity (Wildman–Crippen MR) is 117 cm³/mol. The van der Waals surface area contributed by atoms with Gasteiger partial charge in [0.2, 0.25) is 0 Å². The summed E-state index contributed by atoms with van der Waals surface area (Å²) in [5, 5.41) is 13.9. The van der Waals surface area contributed by atoms with Crippen molar-refractivity contribution < 1.29 is 32.8 Å². The van der Waals surface area contributed by atoms with Gasteiger partial charge < -0.3 is 9.84 Å². The monoisotopic (exact) mass is 456 g/mol. The third kappa shape index (κ3) is 7.39. The lowest BCUT2D eigenvalue weighted by Gasteiger charge is -2.19. The van der Waals surface area contributed by atoms with E-state index in [2.05, 4.69) is 38.6 Å². The summed E-state index contributed by atoms with van der Waals surface area (Å²) in [6.07, 6.45) is 0.0544. The van der Waals surface area contributed by atoms with Gasteiger partial charge >= 0.3 is 13.9 Å². The number of pyridine rings is 1. The summed E-state index contributed by atoms with van der Waals surface area (Å²) in [4.78, 5) is 16.2. The van der Waals surface area contributed by atoms with Crippen LogP contribution in [-0.2, 0) is 22.9 Å². The molecule has 0 bridgehead atoms. The SMILES string of the molecule is C=C(C[C@@H](O)COP(=O)(OC)OC)C(S)COC(=O)Nc1cc2ccccc2cn1. The summed E-state index contributed by atoms with van der Waals surface area (Å²) in [5.74, 6) is 0.363. The molecular weight excluding hydrogens is 431 g/mol. The number of aliphatic hydroxyl groups excluding tert-OH is 1. The van der Waals surface area contributed by atoms with Gasteiger partial charge in [0.25, 0.3) is 0 Å². The third-order valence-corrected chi connectivity index (χ3v) is 5.95. The first kappa shape index (κ1) is 24.3. The van der Waals surface area contributed by atoms with Crippen LogP contribution in [0.1, 0.15) is 6.42 Å². The second-order valence-corrected chi connectivity index (χ2v) is 8.79. The normalized spacial score (nSPS) is 13.6. The summed E-state index contributed by atoms with van der Waals surface area (Å²) in [6.45, 7) is 3.48. The Morgan fingerprint density at radius 3 is 2.60 bits per heavy atom. The van der Waals surface area contributed by atoms with Gasteiger partial charge in [-0.05, 0) is 17.9 Å². The molecule has 1 aromatic carbocycles. The van der Waals surface area contributed by atoms with Crippen molar-refractivity contribution in [1.82, 2.24) is 4.98 Å². The minimum Gasteiger partial charge on any atom is -0.448 e. The number of fused-ring (bicyclic) bond motifs is 1. The zero-order chi connectivity index (χ0) is 22.1. The van der Waals surface area contributed by atoms with E-state index in [0.29, 0.717) is 11.4 Å². The number of ether oxygens (including phenoxy) is 1. The molecule has 164 valence electrons. The number of nitrogens with zero attached hydrogens (tertiary/aromatic N) is 1. The molecule has 0 saturated heterocycles. The molecule has 0 fully saturated rings. The number of phosphoric acid groups is 1. The number of aromatic nitrogens is 1. The van der Waals surface area contributed by atoms with Gasteiger partial charge in [-0.25, -0.2) is 14.3 Å². The second kappa shape index (κ2) is 11.5. The molecule has 0 aliphatic heterocycles. The number of rotatable bonds is 11. The molecule has 1 unspecified atom stereocenters. The average Bonchev–Trinajstić information content (AvgIpc) is 2.75. The fourth-order valence-electron chi connectivity index (χ4n) is 2.42. The van der Waals surface area contributed by atoms with Gasteiger partial charge in [-0.1, -0.05) is 36.4 Å². The number of phosphoric ester groups is 1. The van der Waals surface area contributed by atoms with Crippen molar-refractivity contribution in [2.75, 3.05) is 32.8 Å². The van der Waals surface area contributed by atoms with Crippen LogP contribution < -0.4 is 5.32 Å². The minimum absolute atomic E-state index is 0.0659. The van der Waals surface area contributed by atoms with E-state index < -0.39 is 25.3 Å². The first-order valence-corrected chi connectivity index (χ1v) is 10.9. The zero-order valence-electron chi connectivity index (χ0n) is 16.7. The van der Waals surface area contributed by atoms with Gasteiger partial charge in [-0.15, -0.1) is 0 Å². The largest absolute Gasteiger partial charge is 0.474 e. The van der Waals surface area contributed by atoms with Crippen LogP contribution in [-0.4, -0.2) is 55.0 Å². The predicted octanol–water partition coefficient (Wildman–Crippen LogP) is 3.81. The minimum atomic E-state index is -3.67. The second-order valence-electron chi connectivity index (χ2n) is 6.28. The Labute approximate surface area is 180 Å². The van der Waals surface area contributed by atoms with Crippen molar-refractivity contribution in [2.45, 2.75) is 17.8 Å². The van der Waals surface area contributed by atoms with Gasteiger partial charge in [-0.3, -0.25) is 18.9 Å². The molecular formula is C19H25N2O7PS. The van der Waals surface area contributed by atoms with E-state index in [1.165, 1.54) is 14.2 Å². The molecule has 30 heavy (non-hydrogen) atoms. The smallest absolute Gasteiger partial charge is 0.448 e. The van der Waals surface area contributed by atoms with Crippen molar-refractivity contribution in [3.05, 3.63) is 48.7 Å². The maximum absolute atomic E-state index is 12.0. The van der Waals surface area contributed by atoms with Gasteiger partial charge in [0, 0.05) is 25.8 Å². The van der Waals surface area contributed by atoms with E-state index in [9.17, 15) is 14.5 Å². The molecule has 2 N–H and O–H groups in total. The number of benzene rings is 1. The average molecular weight is 456 g/mol. The zero-order valence-corrected chi connectivity index (χ0v) is 18.5. The Hall–Kier alpha value is -1.94. The van der Waals surface area contributed by atoms with E-state index in [1.807, 2.05) is 24.3 Å². The Morgan fingerprint density at radius 1 is 1.27 bits per heavy atom. The van der Waals surface area contributed by atoms with Gasteiger partial charge in [0.1, 0.15) is 12.4 Å². The van der Waals surface area contributed by atoms with Crippen LogP contribution in [0.4, 0.5) is 10.6 Å². The number of amides is 1. The lowest BCUT2D eigenvalue weighted by Crippen LogP contribution is -2.23. The maximum Gasteiger partial charge on any atom is 0.474 e. The summed E-state index contributed by atoms with van der Waals surface area (Å²) in [6, 6.07) is 9.37. The van der Waals surface area contributed by atoms with E-state index >= 15 is 0 Å². The Bertz CT molecular complexity index is 919. The highest BCUT2D eigenvalue weighted by Crippen LogP contribution is 2.47. The number of hydrogen-bond acceptors (Lipinski definition) is 9. The molecule has 2 atom stereocenters. The lowest BCUT2D eigenvalue weighted by molar-refractivity contribution is 0.0728. The molecule has 1 aromatic heterocycles. The fraction of sp³-hybridized carbons (Fsp3) is 0.368. The molecule has 0 aliphatic carbocycles. The van der Waals surface area contributed by atoms with Gasteiger partial charge in [-0.2, -0.15) is 12.6 Å². The molecule has 0 aliphatic rings. The van der Waals surface area contributed by atoms with Gasteiger partial charge in [0.05, 0.1) is 18.0 Å². The maximum atomic E-state index is 12.0. The van der Waals surface area contributed by atoms with E-state index in [4.69, 9.17) is 9.26 Å². The summed E-state index contributed by atoms with van der Waals surface area (Å²) < 4.78 is 31.1. The summed E-state index contributed by atoms with van der Waals surface area (Å²) in [7, 11) is -1.32. The molecule has 1 amide bonds. The van der Waals surface area contributed by atoms with Crippen LogP contribution in [0.25, 0.3) is 10.8 Å². The number of thiol groups is 1. The van der Waals surface area contributed by atoms with Crippen molar-refractivity contribution >= 4 is 43.1 Å². The number of hydrogen-bond donors (Lipinski definition) is 3. The molecule has 0 saturated carbocycles. The first-order valence-electron chi connectivity index (χ1n) is 8.94. The van der Waals surface area contributed by atoms with Crippen LogP contribution in [0.3, 0.4) is 0 Å². The van der Waals surface area contributed by atoms with Crippen LogP contribution in [0.15, 0.2) is 48.7 Å². The molecule has 9 nitrogen and oxygen atoms in total. The van der Waals surface area contributed by atoms with Crippen LogP contribution >= 0.6 is 20.5 Å². The standard InChI is InChI=1S/C19H25N2O7PS/c1-13(8-16(22)11-28-29(24,25-2)26-3)17(30)12-27-19(23)21-18-9-14-6-4-5-7-15(14)10-20-18/h4-7,9-10,16-17,22,30H,1,8,11-12H2,2-3H3,(H,20,21,23)/t16-,17?/m1/s1. The van der Waals surface area contributed by atoms with Crippen molar-refractivity contribution in [1.29, 1.82) is 0 Å². The highest BCUT2D eigenvalue weighted by Gasteiger charge is 2.25. The Balaban J connectivity index is 1.76. The number of anilines is 1. The number of carbonyl (C=O) groups excluding carboxylic acids is 1. The fourth-order valence-corrected chi connectivity index (χ4v) is 3.31. The van der Waals surface area contributed by atoms with E-state index in [1.54, 1.807) is 12.3 Å². The number of nitrogens with one attached hydrogen (secondary N) is 1. The third-order valence-electron chi connectivity index (χ3n) is 4.07. The van der Waals surface area contributed by atoms with E-state index in [0.717, 1.165) is 10.8 Å². The van der Waals surface area contributed by atoms with E-state index in [-0.39, 0.29) is 19.6 Å².